The first-order valence-corrected chi connectivity index (χ1v) is 7.86. The predicted molar refractivity (Wildman–Crippen MR) is 82.8 cm³/mol. The SMILES string of the molecule is CCCC(I)OCC(C)(C)COC(C)(C)CC. The fourth-order valence-corrected chi connectivity index (χ4v) is 1.96. The van der Waals surface area contributed by atoms with E-state index in [9.17, 15) is 0 Å². The highest BCUT2D eigenvalue weighted by molar-refractivity contribution is 14.1. The summed E-state index contributed by atoms with van der Waals surface area (Å²) in [7, 11) is 0. The second-order valence-corrected chi connectivity index (χ2v) is 7.47. The van der Waals surface area contributed by atoms with Crippen molar-refractivity contribution in [3.05, 3.63) is 0 Å². The largest absolute Gasteiger partial charge is 0.375 e. The van der Waals surface area contributed by atoms with Gasteiger partial charge in [0, 0.05) is 5.41 Å². The first-order valence-electron chi connectivity index (χ1n) is 6.62. The van der Waals surface area contributed by atoms with Crippen LogP contribution in [0.15, 0.2) is 0 Å². The third kappa shape index (κ3) is 9.25. The van der Waals surface area contributed by atoms with E-state index in [4.69, 9.17) is 9.47 Å². The molecular weight excluding hydrogens is 327 g/mol. The van der Waals surface area contributed by atoms with Crippen LogP contribution in [0.1, 0.15) is 60.8 Å². The van der Waals surface area contributed by atoms with Crippen molar-refractivity contribution in [2.45, 2.75) is 70.5 Å². The highest BCUT2D eigenvalue weighted by atomic mass is 127. The average molecular weight is 356 g/mol. The molecule has 1 atom stereocenters. The monoisotopic (exact) mass is 356 g/mol. The maximum Gasteiger partial charge on any atom is 0.108 e. The van der Waals surface area contributed by atoms with E-state index in [1.165, 1.54) is 6.42 Å². The van der Waals surface area contributed by atoms with Crippen LogP contribution in [0.25, 0.3) is 0 Å². The molecule has 3 heteroatoms. The van der Waals surface area contributed by atoms with Crippen molar-refractivity contribution in [1.29, 1.82) is 0 Å². The van der Waals surface area contributed by atoms with Crippen molar-refractivity contribution in [2.75, 3.05) is 13.2 Å². The zero-order chi connectivity index (χ0) is 13.5. The Bertz CT molecular complexity index is 202. The molecule has 0 aromatic heterocycles. The molecule has 0 aromatic carbocycles. The Kier molecular flexibility index (Phi) is 8.25. The van der Waals surface area contributed by atoms with Gasteiger partial charge in [0.25, 0.3) is 0 Å². The highest BCUT2D eigenvalue weighted by Crippen LogP contribution is 2.23. The Morgan fingerprint density at radius 1 is 1.06 bits per heavy atom. The fraction of sp³-hybridized carbons (Fsp3) is 1.00. The Labute approximate surface area is 121 Å². The lowest BCUT2D eigenvalue weighted by Gasteiger charge is -2.31. The van der Waals surface area contributed by atoms with Crippen LogP contribution in [-0.4, -0.2) is 22.9 Å². The summed E-state index contributed by atoms with van der Waals surface area (Å²) in [4.78, 5) is 0. The van der Waals surface area contributed by atoms with Crippen molar-refractivity contribution in [2.24, 2.45) is 5.41 Å². The van der Waals surface area contributed by atoms with Gasteiger partial charge in [-0.15, -0.1) is 0 Å². The van der Waals surface area contributed by atoms with Gasteiger partial charge < -0.3 is 9.47 Å². The molecule has 17 heavy (non-hydrogen) atoms. The molecule has 0 bridgehead atoms. The van der Waals surface area contributed by atoms with E-state index >= 15 is 0 Å². The molecule has 0 N–H and O–H groups in total. The van der Waals surface area contributed by atoms with Crippen LogP contribution in [0.5, 0.6) is 0 Å². The second kappa shape index (κ2) is 7.95. The molecule has 104 valence electrons. The number of hydrogen-bond donors (Lipinski definition) is 0. The zero-order valence-electron chi connectivity index (χ0n) is 12.3. The van der Waals surface area contributed by atoms with Crippen LogP contribution >= 0.6 is 22.6 Å². The minimum absolute atomic E-state index is 0.0234. The number of rotatable bonds is 9. The molecule has 0 saturated carbocycles. The van der Waals surface area contributed by atoms with Gasteiger partial charge in [-0.25, -0.2) is 0 Å². The molecule has 0 spiro atoms. The van der Waals surface area contributed by atoms with Gasteiger partial charge in [0.15, 0.2) is 0 Å². The summed E-state index contributed by atoms with van der Waals surface area (Å²) in [5, 5.41) is 0. The van der Waals surface area contributed by atoms with Crippen molar-refractivity contribution in [1.82, 2.24) is 0 Å². The maximum absolute atomic E-state index is 5.95. The molecule has 0 aliphatic carbocycles. The summed E-state index contributed by atoms with van der Waals surface area (Å²) in [5.41, 5.74) is 0.0635. The summed E-state index contributed by atoms with van der Waals surface area (Å²) in [6.07, 6.45) is 3.33. The van der Waals surface area contributed by atoms with Crippen LogP contribution in [0.2, 0.25) is 0 Å². The molecule has 0 heterocycles. The van der Waals surface area contributed by atoms with Crippen LogP contribution in [0.4, 0.5) is 0 Å². The van der Waals surface area contributed by atoms with Crippen molar-refractivity contribution >= 4 is 22.6 Å². The molecule has 0 amide bonds. The molecule has 2 nitrogen and oxygen atoms in total. The predicted octanol–water partition coefficient (Wildman–Crippen LogP) is 4.80. The summed E-state index contributed by atoms with van der Waals surface area (Å²) < 4.78 is 12.1. The zero-order valence-corrected chi connectivity index (χ0v) is 14.5. The van der Waals surface area contributed by atoms with Gasteiger partial charge in [-0.3, -0.25) is 0 Å². The lowest BCUT2D eigenvalue weighted by Crippen LogP contribution is -2.33. The Hall–Kier alpha value is 0.650. The summed E-state index contributed by atoms with van der Waals surface area (Å²) in [6, 6.07) is 0. The lowest BCUT2D eigenvalue weighted by atomic mass is 9.95. The molecule has 0 saturated heterocycles. The molecule has 0 aliphatic heterocycles. The molecule has 0 aliphatic rings. The van der Waals surface area contributed by atoms with Gasteiger partial charge in [-0.05, 0) is 26.7 Å². The summed E-state index contributed by atoms with van der Waals surface area (Å²) in [6.45, 7) is 14.6. The third-order valence-corrected chi connectivity index (χ3v) is 3.86. The van der Waals surface area contributed by atoms with Gasteiger partial charge >= 0.3 is 0 Å². The van der Waals surface area contributed by atoms with E-state index in [-0.39, 0.29) is 11.0 Å². The van der Waals surface area contributed by atoms with Crippen molar-refractivity contribution < 1.29 is 9.47 Å². The van der Waals surface area contributed by atoms with Gasteiger partial charge in [0.2, 0.25) is 0 Å². The van der Waals surface area contributed by atoms with Gasteiger partial charge in [0.1, 0.15) is 4.11 Å². The van der Waals surface area contributed by atoms with Crippen molar-refractivity contribution in [3.8, 4) is 0 Å². The van der Waals surface area contributed by atoms with E-state index in [2.05, 4.69) is 64.1 Å². The van der Waals surface area contributed by atoms with Crippen LogP contribution in [-0.2, 0) is 9.47 Å². The molecule has 1 unspecified atom stereocenters. The summed E-state index contributed by atoms with van der Waals surface area (Å²) >= 11 is 2.37. The first kappa shape index (κ1) is 17.6. The maximum atomic E-state index is 5.95. The molecule has 0 aromatic rings. The quantitative estimate of drug-likeness (QED) is 0.437. The van der Waals surface area contributed by atoms with Gasteiger partial charge in [-0.1, -0.05) is 56.7 Å². The van der Waals surface area contributed by atoms with Crippen LogP contribution in [0, 0.1) is 5.41 Å². The van der Waals surface area contributed by atoms with Gasteiger partial charge in [0.05, 0.1) is 18.8 Å². The number of ether oxygens (including phenoxy) is 2. The second-order valence-electron chi connectivity index (χ2n) is 6.08. The summed E-state index contributed by atoms with van der Waals surface area (Å²) in [5.74, 6) is 0. The highest BCUT2D eigenvalue weighted by Gasteiger charge is 2.24. The standard InChI is InChI=1S/C14H29IO2/c1-7-9-12(15)16-10-13(3,4)11-17-14(5,6)8-2/h12H,7-11H2,1-6H3. The van der Waals surface area contributed by atoms with Crippen LogP contribution in [0.3, 0.4) is 0 Å². The molecule has 0 radical (unpaired) electrons. The van der Waals surface area contributed by atoms with E-state index in [0.717, 1.165) is 26.1 Å². The van der Waals surface area contributed by atoms with E-state index in [1.807, 2.05) is 0 Å². The van der Waals surface area contributed by atoms with Crippen molar-refractivity contribution in [3.63, 3.8) is 0 Å². The minimum Gasteiger partial charge on any atom is -0.375 e. The lowest BCUT2D eigenvalue weighted by molar-refractivity contribution is -0.0785. The van der Waals surface area contributed by atoms with E-state index in [1.54, 1.807) is 0 Å². The fourth-order valence-electron chi connectivity index (χ4n) is 1.16. The smallest absolute Gasteiger partial charge is 0.108 e. The normalized spacial score (nSPS) is 15.0. The molecule has 0 fully saturated rings. The molecular formula is C14H29IO2. The van der Waals surface area contributed by atoms with E-state index < -0.39 is 0 Å². The number of hydrogen-bond acceptors (Lipinski definition) is 2. The number of halogens is 1. The Morgan fingerprint density at radius 3 is 2.12 bits per heavy atom. The third-order valence-electron chi connectivity index (χ3n) is 2.88. The Morgan fingerprint density at radius 2 is 1.65 bits per heavy atom. The van der Waals surface area contributed by atoms with Gasteiger partial charge in [-0.2, -0.15) is 0 Å². The van der Waals surface area contributed by atoms with E-state index in [0.29, 0.717) is 4.11 Å². The first-order chi connectivity index (χ1) is 7.72. The van der Waals surface area contributed by atoms with Crippen LogP contribution < -0.4 is 0 Å². The minimum atomic E-state index is -0.0234. The average Bonchev–Trinajstić information content (AvgIpc) is 2.25. The topological polar surface area (TPSA) is 18.5 Å². The number of alkyl halides is 1. The Balaban J connectivity index is 3.95. The molecule has 0 rings (SSSR count).